The predicted molar refractivity (Wildman–Crippen MR) is 266 cm³/mol. The van der Waals surface area contributed by atoms with E-state index in [9.17, 15) is 0 Å². The Balaban J connectivity index is 0.844. The van der Waals surface area contributed by atoms with E-state index in [0.717, 1.165) is 105 Å². The summed E-state index contributed by atoms with van der Waals surface area (Å²) in [5.74, 6) is 2.92. The first-order valence-electron chi connectivity index (χ1n) is 22.0. The Bertz CT molecular complexity index is 3770. The Labute approximate surface area is 383 Å². The van der Waals surface area contributed by atoms with Crippen molar-refractivity contribution in [3.63, 3.8) is 0 Å². The molecule has 8 nitrogen and oxygen atoms in total. The second-order valence-electron chi connectivity index (χ2n) is 16.5. The average molecular weight is 862 g/mol. The molecule has 0 bridgehead atoms. The van der Waals surface area contributed by atoms with Crippen LogP contribution in [0.1, 0.15) is 0 Å². The van der Waals surface area contributed by atoms with Crippen LogP contribution >= 0.6 is 0 Å². The average Bonchev–Trinajstić information content (AvgIpc) is 4.14. The van der Waals surface area contributed by atoms with Gasteiger partial charge >= 0.3 is 0 Å². The number of hydrogen-bond donors (Lipinski definition) is 0. The Morgan fingerprint density at radius 1 is 0.224 bits per heavy atom. The SMILES string of the molecule is c1ccc(-c2nc3ccc(-c4ccc(-c5nc(-c6ccc(-c7ccc8nc(-c9ccccc9)oc8c7)cc6)nc(-c6ccc(-c7ccc8oc9ccccc9c8c7)cc6)n5)cc4)cc3o2)cc1. The number of furan rings is 1. The lowest BCUT2D eigenvalue weighted by Gasteiger charge is -2.10. The summed E-state index contributed by atoms with van der Waals surface area (Å²) in [6.07, 6.45) is 0. The van der Waals surface area contributed by atoms with Crippen molar-refractivity contribution in [1.82, 2.24) is 24.9 Å². The second-order valence-corrected chi connectivity index (χ2v) is 16.5. The van der Waals surface area contributed by atoms with Gasteiger partial charge in [0.2, 0.25) is 11.8 Å². The number of rotatable bonds is 8. The minimum atomic E-state index is 0.570. The van der Waals surface area contributed by atoms with Crippen LogP contribution in [0.2, 0.25) is 0 Å². The molecule has 0 atom stereocenters. The van der Waals surface area contributed by atoms with E-state index in [1.807, 2.05) is 109 Å². The monoisotopic (exact) mass is 861 g/mol. The number of para-hydroxylation sites is 1. The first-order chi connectivity index (χ1) is 33.1. The van der Waals surface area contributed by atoms with Gasteiger partial charge in [-0.3, -0.25) is 0 Å². The molecular weight excluding hydrogens is 827 g/mol. The summed E-state index contributed by atoms with van der Waals surface area (Å²) >= 11 is 0. The number of hydrogen-bond acceptors (Lipinski definition) is 8. The number of aromatic nitrogens is 5. The van der Waals surface area contributed by atoms with Crippen molar-refractivity contribution in [3.8, 4) is 90.5 Å². The summed E-state index contributed by atoms with van der Waals surface area (Å²) in [5, 5.41) is 2.19. The number of benzene rings is 9. The highest BCUT2D eigenvalue weighted by atomic mass is 16.4. The molecule has 0 amide bonds. The third kappa shape index (κ3) is 7.10. The van der Waals surface area contributed by atoms with Gasteiger partial charge in [-0.05, 0) is 100 Å². The molecule has 0 N–H and O–H groups in total. The van der Waals surface area contributed by atoms with E-state index in [4.69, 9.17) is 38.2 Å². The van der Waals surface area contributed by atoms with E-state index in [0.29, 0.717) is 29.3 Å². The molecule has 0 fully saturated rings. The highest BCUT2D eigenvalue weighted by molar-refractivity contribution is 6.06. The topological polar surface area (TPSA) is 104 Å². The van der Waals surface area contributed by atoms with Gasteiger partial charge in [-0.15, -0.1) is 0 Å². The van der Waals surface area contributed by atoms with Crippen LogP contribution in [0, 0.1) is 0 Å². The van der Waals surface area contributed by atoms with Crippen LogP contribution in [-0.2, 0) is 0 Å². The van der Waals surface area contributed by atoms with Gasteiger partial charge < -0.3 is 13.3 Å². The lowest BCUT2D eigenvalue weighted by Crippen LogP contribution is -2.00. The summed E-state index contributed by atoms with van der Waals surface area (Å²) in [5.41, 5.74) is 15.6. The first kappa shape index (κ1) is 38.2. The van der Waals surface area contributed by atoms with E-state index < -0.39 is 0 Å². The molecule has 314 valence electrons. The van der Waals surface area contributed by atoms with Crippen LogP contribution in [-0.4, -0.2) is 24.9 Å². The maximum absolute atomic E-state index is 6.20. The van der Waals surface area contributed by atoms with Crippen LogP contribution in [0.25, 0.3) is 135 Å². The van der Waals surface area contributed by atoms with Gasteiger partial charge in [0.05, 0.1) is 0 Å². The smallest absolute Gasteiger partial charge is 0.227 e. The summed E-state index contributed by atoms with van der Waals surface area (Å²) in [6, 6.07) is 71.6. The third-order valence-electron chi connectivity index (χ3n) is 12.3. The van der Waals surface area contributed by atoms with Crippen molar-refractivity contribution >= 4 is 44.1 Å². The molecule has 0 unspecified atom stereocenters. The van der Waals surface area contributed by atoms with Crippen LogP contribution in [0.4, 0.5) is 0 Å². The molecular formula is C59H35N5O3. The number of nitrogens with zero attached hydrogens (tertiary/aromatic N) is 5. The van der Waals surface area contributed by atoms with Gasteiger partial charge in [-0.1, -0.05) is 146 Å². The van der Waals surface area contributed by atoms with E-state index >= 15 is 0 Å². The fraction of sp³-hybridized carbons (Fsp3) is 0. The molecule has 4 heterocycles. The minimum absolute atomic E-state index is 0.570. The Morgan fingerprint density at radius 2 is 0.597 bits per heavy atom. The van der Waals surface area contributed by atoms with E-state index in [1.54, 1.807) is 0 Å². The van der Waals surface area contributed by atoms with E-state index in [1.165, 1.54) is 0 Å². The van der Waals surface area contributed by atoms with E-state index in [2.05, 4.69) is 103 Å². The molecule has 0 aliphatic heterocycles. The Hall–Kier alpha value is -9.27. The van der Waals surface area contributed by atoms with Crippen LogP contribution < -0.4 is 0 Å². The highest BCUT2D eigenvalue weighted by Crippen LogP contribution is 2.36. The van der Waals surface area contributed by atoms with Gasteiger partial charge in [0.15, 0.2) is 28.6 Å². The zero-order valence-corrected chi connectivity index (χ0v) is 35.7. The standard InChI is InChI=1S/C59H35N5O3/c1-3-9-42(10-4-1)58-60-49-30-27-45(34-53(49)66-58)37-17-23-40(24-18-37)56-62-55(39-21-15-36(16-22-39)44-29-32-52-48(33-44)47-13-7-8-14-51(47)65-52)63-57(64-56)41-25-19-38(20-26-41)46-28-31-50-54(35-46)67-59(61-50)43-11-5-2-6-12-43/h1-35H. The predicted octanol–water partition coefficient (Wildman–Crippen LogP) is 15.4. The molecule has 13 rings (SSSR count). The molecule has 0 aliphatic rings. The van der Waals surface area contributed by atoms with Crippen LogP contribution in [0.5, 0.6) is 0 Å². The third-order valence-corrected chi connectivity index (χ3v) is 12.3. The molecule has 13 aromatic rings. The van der Waals surface area contributed by atoms with Crippen LogP contribution in [0.15, 0.2) is 226 Å². The van der Waals surface area contributed by atoms with Gasteiger partial charge in [0.1, 0.15) is 22.2 Å². The fourth-order valence-corrected chi connectivity index (χ4v) is 8.72. The number of fused-ring (bicyclic) bond motifs is 5. The molecule has 67 heavy (non-hydrogen) atoms. The maximum Gasteiger partial charge on any atom is 0.227 e. The highest BCUT2D eigenvalue weighted by Gasteiger charge is 2.16. The van der Waals surface area contributed by atoms with Gasteiger partial charge in [0.25, 0.3) is 0 Å². The molecule has 0 saturated carbocycles. The first-order valence-corrected chi connectivity index (χ1v) is 22.0. The quantitative estimate of drug-likeness (QED) is 0.149. The second kappa shape index (κ2) is 15.8. The molecule has 4 aromatic heterocycles. The molecule has 0 aliphatic carbocycles. The molecule has 0 spiro atoms. The van der Waals surface area contributed by atoms with Crippen LogP contribution in [0.3, 0.4) is 0 Å². The maximum atomic E-state index is 6.20. The molecule has 0 radical (unpaired) electrons. The minimum Gasteiger partial charge on any atom is -0.456 e. The van der Waals surface area contributed by atoms with E-state index in [-0.39, 0.29) is 0 Å². The van der Waals surface area contributed by atoms with Gasteiger partial charge in [0, 0.05) is 38.6 Å². The lowest BCUT2D eigenvalue weighted by molar-refractivity contribution is 0.619. The fourth-order valence-electron chi connectivity index (χ4n) is 8.72. The van der Waals surface area contributed by atoms with Gasteiger partial charge in [-0.25, -0.2) is 24.9 Å². The van der Waals surface area contributed by atoms with Crippen molar-refractivity contribution < 1.29 is 13.3 Å². The molecule has 8 heteroatoms. The summed E-state index contributed by atoms with van der Waals surface area (Å²) < 4.78 is 18.5. The Morgan fingerprint density at radius 3 is 1.07 bits per heavy atom. The molecule has 0 saturated heterocycles. The zero-order chi connectivity index (χ0) is 44.3. The molecule has 9 aromatic carbocycles. The van der Waals surface area contributed by atoms with Crippen molar-refractivity contribution in [1.29, 1.82) is 0 Å². The van der Waals surface area contributed by atoms with Crippen molar-refractivity contribution in [2.75, 3.05) is 0 Å². The van der Waals surface area contributed by atoms with Crippen molar-refractivity contribution in [2.24, 2.45) is 0 Å². The zero-order valence-electron chi connectivity index (χ0n) is 35.7. The summed E-state index contributed by atoms with van der Waals surface area (Å²) in [4.78, 5) is 24.7. The van der Waals surface area contributed by atoms with Crippen molar-refractivity contribution in [3.05, 3.63) is 212 Å². The normalized spacial score (nSPS) is 11.6. The Kier molecular flexibility index (Phi) is 8.99. The lowest BCUT2D eigenvalue weighted by atomic mass is 10.0. The summed E-state index contributed by atoms with van der Waals surface area (Å²) in [6.45, 7) is 0. The number of oxazole rings is 2. The van der Waals surface area contributed by atoms with Crippen molar-refractivity contribution in [2.45, 2.75) is 0 Å². The van der Waals surface area contributed by atoms with Gasteiger partial charge in [-0.2, -0.15) is 0 Å². The summed E-state index contributed by atoms with van der Waals surface area (Å²) in [7, 11) is 0. The largest absolute Gasteiger partial charge is 0.456 e.